The summed E-state index contributed by atoms with van der Waals surface area (Å²) in [6, 6.07) is 8.47. The molecule has 1 aromatic carbocycles. The van der Waals surface area contributed by atoms with Crippen molar-refractivity contribution in [3.05, 3.63) is 29.8 Å². The third kappa shape index (κ3) is 2.02. The Morgan fingerprint density at radius 2 is 2.10 bits per heavy atom. The summed E-state index contributed by atoms with van der Waals surface area (Å²) >= 11 is 0. The molecule has 0 bridgehead atoms. The Balaban J connectivity index is 1.48. The van der Waals surface area contributed by atoms with E-state index < -0.39 is 6.23 Å². The van der Waals surface area contributed by atoms with Crippen molar-refractivity contribution in [2.75, 3.05) is 13.1 Å². The summed E-state index contributed by atoms with van der Waals surface area (Å²) in [4.78, 5) is 13.2. The predicted molar refractivity (Wildman–Crippen MR) is 72.3 cm³/mol. The summed E-state index contributed by atoms with van der Waals surface area (Å²) in [6.07, 6.45) is 3.60. The molecule has 3 atom stereocenters. The molecule has 1 N–H and O–H groups in total. The number of hydrogen-bond acceptors (Lipinski definition) is 5. The van der Waals surface area contributed by atoms with Gasteiger partial charge in [0.25, 0.3) is 0 Å². The Labute approximate surface area is 118 Å². The molecule has 5 nitrogen and oxygen atoms in total. The van der Waals surface area contributed by atoms with Gasteiger partial charge in [0.2, 0.25) is 0 Å². The van der Waals surface area contributed by atoms with Crippen LogP contribution < -0.4 is 4.89 Å². The van der Waals surface area contributed by atoms with Gasteiger partial charge in [-0.3, -0.25) is 4.90 Å². The topological polar surface area (TPSA) is 45.2 Å². The van der Waals surface area contributed by atoms with Crippen molar-refractivity contribution >= 4 is 0 Å². The number of para-hydroxylation sites is 1. The fourth-order valence-corrected chi connectivity index (χ4v) is 3.61. The Morgan fingerprint density at radius 3 is 2.95 bits per heavy atom. The minimum absolute atomic E-state index is 0.163. The zero-order valence-electron chi connectivity index (χ0n) is 11.4. The molecule has 3 heterocycles. The summed E-state index contributed by atoms with van der Waals surface area (Å²) in [5.74, 6) is 0.756. The van der Waals surface area contributed by atoms with Crippen molar-refractivity contribution in [3.8, 4) is 5.75 Å². The van der Waals surface area contributed by atoms with E-state index in [1.807, 2.05) is 24.3 Å². The third-order valence-electron chi connectivity index (χ3n) is 4.82. The van der Waals surface area contributed by atoms with Crippen LogP contribution in [-0.2, 0) is 11.3 Å². The number of fused-ring (bicyclic) bond motifs is 2. The Morgan fingerprint density at radius 1 is 1.20 bits per heavy atom. The molecule has 0 amide bonds. The molecule has 2 fully saturated rings. The van der Waals surface area contributed by atoms with Crippen LogP contribution in [0.4, 0.5) is 0 Å². The van der Waals surface area contributed by atoms with E-state index in [2.05, 4.69) is 4.90 Å². The molecule has 0 aliphatic carbocycles. The van der Waals surface area contributed by atoms with E-state index in [1.54, 1.807) is 0 Å². The second-order valence-electron chi connectivity index (χ2n) is 5.93. The average Bonchev–Trinajstić information content (AvgIpc) is 2.47. The maximum absolute atomic E-state index is 10.5. The molecule has 0 aromatic heterocycles. The normalized spacial score (nSPS) is 33.0. The van der Waals surface area contributed by atoms with Crippen molar-refractivity contribution in [3.63, 3.8) is 0 Å². The molecule has 3 unspecified atom stereocenters. The quantitative estimate of drug-likeness (QED) is 0.659. The Hall–Kier alpha value is -1.14. The highest BCUT2D eigenvalue weighted by atomic mass is 17.2. The number of piperidine rings is 1. The monoisotopic (exact) mass is 276 g/mol. The summed E-state index contributed by atoms with van der Waals surface area (Å²) in [5.41, 5.74) is 1.09. The number of hydrogen-bond donors (Lipinski definition) is 1. The predicted octanol–water partition coefficient (Wildman–Crippen LogP) is 1.81. The lowest BCUT2D eigenvalue weighted by Crippen LogP contribution is -2.63. The van der Waals surface area contributed by atoms with Crippen LogP contribution in [0.15, 0.2) is 24.3 Å². The van der Waals surface area contributed by atoms with Gasteiger partial charge in [0.15, 0.2) is 12.0 Å². The van der Waals surface area contributed by atoms with Gasteiger partial charge in [-0.25, -0.2) is 0 Å². The van der Waals surface area contributed by atoms with Gasteiger partial charge in [-0.15, -0.1) is 0 Å². The maximum atomic E-state index is 10.5. The molecular weight excluding hydrogens is 256 g/mol. The van der Waals surface area contributed by atoms with Gasteiger partial charge < -0.3 is 10.1 Å². The van der Waals surface area contributed by atoms with E-state index in [-0.39, 0.29) is 6.04 Å². The second-order valence-corrected chi connectivity index (χ2v) is 5.93. The second kappa shape index (κ2) is 5.00. The van der Waals surface area contributed by atoms with Crippen LogP contribution >= 0.6 is 0 Å². The fourth-order valence-electron chi connectivity index (χ4n) is 3.61. The Kier molecular flexibility index (Phi) is 3.15. The standard InChI is InChI=1S/C15H20N2O3/c18-17(13-5-3-8-16-9-7-12(13)16)15-10-11-4-1-2-6-14(11)19-20-15/h1-2,4,6,12-13,15,18H,3,5,7-10H2. The smallest absolute Gasteiger partial charge is 0.183 e. The zero-order chi connectivity index (χ0) is 13.5. The van der Waals surface area contributed by atoms with E-state index in [9.17, 15) is 5.21 Å². The zero-order valence-corrected chi connectivity index (χ0v) is 11.4. The van der Waals surface area contributed by atoms with Crippen LogP contribution in [0.3, 0.4) is 0 Å². The molecule has 0 saturated carbocycles. The van der Waals surface area contributed by atoms with Gasteiger partial charge in [-0.05, 0) is 31.9 Å². The van der Waals surface area contributed by atoms with E-state index in [1.165, 1.54) is 24.6 Å². The first-order valence-corrected chi connectivity index (χ1v) is 7.45. The number of hydroxylamine groups is 2. The molecule has 2 saturated heterocycles. The molecule has 0 spiro atoms. The minimum atomic E-state index is -0.407. The Bertz CT molecular complexity index is 496. The van der Waals surface area contributed by atoms with Crippen molar-refractivity contribution in [1.82, 2.24) is 9.96 Å². The largest absolute Gasteiger partial charge is 0.336 e. The van der Waals surface area contributed by atoms with Gasteiger partial charge >= 0.3 is 0 Å². The van der Waals surface area contributed by atoms with Gasteiger partial charge in [-0.1, -0.05) is 18.2 Å². The lowest BCUT2D eigenvalue weighted by molar-refractivity contribution is -0.359. The highest BCUT2D eigenvalue weighted by Crippen LogP contribution is 2.34. The molecule has 5 heteroatoms. The lowest BCUT2D eigenvalue weighted by atomic mass is 9.87. The van der Waals surface area contributed by atoms with Gasteiger partial charge in [0, 0.05) is 24.6 Å². The van der Waals surface area contributed by atoms with Crippen LogP contribution in [0.2, 0.25) is 0 Å². The fraction of sp³-hybridized carbons (Fsp3) is 0.600. The SMILES string of the molecule is ON(C1Cc2ccccc2OO1)C1CCCN2CCC12. The van der Waals surface area contributed by atoms with Crippen molar-refractivity contribution in [1.29, 1.82) is 0 Å². The molecule has 4 rings (SSSR count). The average molecular weight is 276 g/mol. The van der Waals surface area contributed by atoms with Crippen LogP contribution in [-0.4, -0.2) is 46.6 Å². The molecule has 20 heavy (non-hydrogen) atoms. The highest BCUT2D eigenvalue weighted by Gasteiger charge is 2.43. The summed E-state index contributed by atoms with van der Waals surface area (Å²) in [6.45, 7) is 2.33. The van der Waals surface area contributed by atoms with Crippen molar-refractivity contribution in [2.24, 2.45) is 0 Å². The molecule has 1 aromatic rings. The summed E-state index contributed by atoms with van der Waals surface area (Å²) < 4.78 is 0. The highest BCUT2D eigenvalue weighted by molar-refractivity contribution is 5.34. The van der Waals surface area contributed by atoms with Crippen LogP contribution in [0, 0.1) is 0 Å². The number of benzene rings is 1. The first-order valence-electron chi connectivity index (χ1n) is 7.45. The molecule has 108 valence electrons. The summed E-state index contributed by atoms with van der Waals surface area (Å²) in [7, 11) is 0. The number of rotatable bonds is 2. The molecule has 0 radical (unpaired) electrons. The molecule has 3 aliphatic rings. The van der Waals surface area contributed by atoms with Gasteiger partial charge in [-0.2, -0.15) is 9.95 Å². The lowest BCUT2D eigenvalue weighted by Gasteiger charge is -2.51. The molecule has 3 aliphatic heterocycles. The maximum Gasteiger partial charge on any atom is 0.183 e. The van der Waals surface area contributed by atoms with Crippen molar-refractivity contribution < 1.29 is 15.0 Å². The van der Waals surface area contributed by atoms with Crippen LogP contribution in [0.5, 0.6) is 5.75 Å². The van der Waals surface area contributed by atoms with Gasteiger partial charge in [0.05, 0.1) is 6.04 Å². The van der Waals surface area contributed by atoms with Gasteiger partial charge in [0.1, 0.15) is 0 Å². The van der Waals surface area contributed by atoms with Crippen LogP contribution in [0.25, 0.3) is 0 Å². The van der Waals surface area contributed by atoms with Crippen molar-refractivity contribution in [2.45, 2.75) is 44.0 Å². The third-order valence-corrected chi connectivity index (χ3v) is 4.82. The first kappa shape index (κ1) is 12.6. The van der Waals surface area contributed by atoms with E-state index in [0.717, 1.165) is 24.2 Å². The van der Waals surface area contributed by atoms with Crippen LogP contribution in [0.1, 0.15) is 24.8 Å². The minimum Gasteiger partial charge on any atom is -0.336 e. The first-order chi connectivity index (χ1) is 9.83. The van der Waals surface area contributed by atoms with E-state index in [4.69, 9.17) is 9.78 Å². The summed E-state index contributed by atoms with van der Waals surface area (Å²) in [5, 5.41) is 11.9. The van der Waals surface area contributed by atoms with E-state index >= 15 is 0 Å². The van der Waals surface area contributed by atoms with E-state index in [0.29, 0.717) is 12.5 Å². The number of nitrogens with zero attached hydrogens (tertiary/aromatic N) is 2. The molecular formula is C15H20N2O3.